The van der Waals surface area contributed by atoms with Crippen LogP contribution in [0.15, 0.2) is 0 Å². The molecule has 0 amide bonds. The molecule has 0 aliphatic rings. The van der Waals surface area contributed by atoms with Gasteiger partial charge in [0.2, 0.25) is 5.54 Å². The quantitative estimate of drug-likeness (QED) is 0.267. The predicted molar refractivity (Wildman–Crippen MR) is 49.0 cm³/mol. The Kier molecular flexibility index (Phi) is 5.11. The van der Waals surface area contributed by atoms with Gasteiger partial charge in [0.15, 0.2) is 0 Å². The highest BCUT2D eigenvalue weighted by Crippen LogP contribution is 2.08. The highest BCUT2D eigenvalue weighted by atomic mass is 16.6. The topological polar surface area (TPSA) is 90.6 Å². The molecule has 14 heavy (non-hydrogen) atoms. The standard InChI is InChI=1S/C8H16N2O4/c1-4-13-6(11)8(3,10-9)7(12)14-5-2/h10H,4-5,9H2,1-3H3. The van der Waals surface area contributed by atoms with Crippen molar-refractivity contribution in [2.75, 3.05) is 13.2 Å². The molecule has 0 aromatic rings. The van der Waals surface area contributed by atoms with E-state index in [9.17, 15) is 9.59 Å². The number of carbonyl (C=O) groups excluding carboxylic acids is 2. The smallest absolute Gasteiger partial charge is 0.339 e. The van der Waals surface area contributed by atoms with Gasteiger partial charge in [-0.25, -0.2) is 15.0 Å². The highest BCUT2D eigenvalue weighted by molar-refractivity contribution is 6.04. The van der Waals surface area contributed by atoms with Crippen LogP contribution in [0.3, 0.4) is 0 Å². The van der Waals surface area contributed by atoms with Gasteiger partial charge in [-0.05, 0) is 20.8 Å². The number of ether oxygens (including phenoxy) is 2. The maximum atomic E-state index is 11.3. The summed E-state index contributed by atoms with van der Waals surface area (Å²) < 4.78 is 9.37. The minimum Gasteiger partial charge on any atom is -0.464 e. The van der Waals surface area contributed by atoms with E-state index in [1.807, 2.05) is 0 Å². The molecule has 6 nitrogen and oxygen atoms in total. The Balaban J connectivity index is 4.60. The van der Waals surface area contributed by atoms with Crippen LogP contribution in [0.1, 0.15) is 20.8 Å². The molecule has 0 aliphatic heterocycles. The van der Waals surface area contributed by atoms with Gasteiger partial charge >= 0.3 is 11.9 Å². The minimum absolute atomic E-state index is 0.176. The Hall–Kier alpha value is -1.14. The van der Waals surface area contributed by atoms with E-state index in [1.165, 1.54) is 6.92 Å². The Morgan fingerprint density at radius 2 is 1.57 bits per heavy atom. The summed E-state index contributed by atoms with van der Waals surface area (Å²) in [5.74, 6) is 3.62. The molecule has 0 radical (unpaired) electrons. The van der Waals surface area contributed by atoms with Crippen molar-refractivity contribution < 1.29 is 19.1 Å². The molecule has 0 rings (SSSR count). The zero-order chi connectivity index (χ0) is 11.2. The summed E-state index contributed by atoms with van der Waals surface area (Å²) in [4.78, 5) is 22.7. The predicted octanol–water partition coefficient (Wildman–Crippen LogP) is -0.665. The number of esters is 2. The summed E-state index contributed by atoms with van der Waals surface area (Å²) in [6.07, 6.45) is 0. The lowest BCUT2D eigenvalue weighted by atomic mass is 10.0. The first-order valence-corrected chi connectivity index (χ1v) is 4.35. The lowest BCUT2D eigenvalue weighted by molar-refractivity contribution is -0.165. The van der Waals surface area contributed by atoms with Crippen molar-refractivity contribution >= 4 is 11.9 Å². The van der Waals surface area contributed by atoms with Crippen molar-refractivity contribution in [3.63, 3.8) is 0 Å². The van der Waals surface area contributed by atoms with E-state index in [4.69, 9.17) is 5.84 Å². The van der Waals surface area contributed by atoms with Gasteiger partial charge in [-0.1, -0.05) is 0 Å². The largest absolute Gasteiger partial charge is 0.464 e. The Labute approximate surface area is 82.7 Å². The molecule has 0 aromatic heterocycles. The average Bonchev–Trinajstić information content (AvgIpc) is 2.17. The maximum absolute atomic E-state index is 11.3. The van der Waals surface area contributed by atoms with Crippen LogP contribution in [0.4, 0.5) is 0 Å². The van der Waals surface area contributed by atoms with Crippen LogP contribution in [-0.2, 0) is 19.1 Å². The summed E-state index contributed by atoms with van der Waals surface area (Å²) in [6, 6.07) is 0. The Morgan fingerprint density at radius 1 is 1.21 bits per heavy atom. The van der Waals surface area contributed by atoms with Crippen LogP contribution < -0.4 is 11.3 Å². The van der Waals surface area contributed by atoms with E-state index in [0.29, 0.717) is 0 Å². The van der Waals surface area contributed by atoms with E-state index < -0.39 is 17.5 Å². The van der Waals surface area contributed by atoms with E-state index >= 15 is 0 Å². The normalized spacial score (nSPS) is 10.9. The van der Waals surface area contributed by atoms with Gasteiger partial charge in [0.1, 0.15) is 0 Å². The summed E-state index contributed by atoms with van der Waals surface area (Å²) in [5.41, 5.74) is 0.466. The minimum atomic E-state index is -1.63. The Morgan fingerprint density at radius 3 is 1.79 bits per heavy atom. The first kappa shape index (κ1) is 12.9. The molecule has 0 fully saturated rings. The van der Waals surface area contributed by atoms with Gasteiger partial charge in [-0.3, -0.25) is 5.84 Å². The van der Waals surface area contributed by atoms with Crippen LogP contribution in [-0.4, -0.2) is 30.7 Å². The SMILES string of the molecule is CCOC(=O)C(C)(NN)C(=O)OCC. The highest BCUT2D eigenvalue weighted by Gasteiger charge is 2.43. The van der Waals surface area contributed by atoms with Gasteiger partial charge in [-0.2, -0.15) is 0 Å². The first-order valence-electron chi connectivity index (χ1n) is 4.35. The summed E-state index contributed by atoms with van der Waals surface area (Å²) >= 11 is 0. The average molecular weight is 204 g/mol. The van der Waals surface area contributed by atoms with E-state index in [-0.39, 0.29) is 13.2 Å². The molecular weight excluding hydrogens is 188 g/mol. The van der Waals surface area contributed by atoms with Crippen molar-refractivity contribution in [1.82, 2.24) is 5.43 Å². The van der Waals surface area contributed by atoms with E-state index in [1.54, 1.807) is 13.8 Å². The molecular formula is C8H16N2O4. The van der Waals surface area contributed by atoms with Gasteiger partial charge in [-0.15, -0.1) is 0 Å². The molecule has 82 valence electrons. The maximum Gasteiger partial charge on any atom is 0.339 e. The van der Waals surface area contributed by atoms with Gasteiger partial charge in [0, 0.05) is 0 Å². The van der Waals surface area contributed by atoms with Crippen LogP contribution in [0.2, 0.25) is 0 Å². The van der Waals surface area contributed by atoms with Crippen molar-refractivity contribution in [2.45, 2.75) is 26.3 Å². The number of hydrogen-bond donors (Lipinski definition) is 2. The number of hydrazine groups is 1. The third-order valence-electron chi connectivity index (χ3n) is 1.66. The van der Waals surface area contributed by atoms with Crippen LogP contribution in [0.25, 0.3) is 0 Å². The first-order chi connectivity index (χ1) is 6.52. The van der Waals surface area contributed by atoms with Crippen molar-refractivity contribution in [3.8, 4) is 0 Å². The molecule has 0 aromatic carbocycles. The molecule has 0 atom stereocenters. The lowest BCUT2D eigenvalue weighted by Gasteiger charge is -2.23. The van der Waals surface area contributed by atoms with Crippen LogP contribution >= 0.6 is 0 Å². The molecule has 0 bridgehead atoms. The van der Waals surface area contributed by atoms with Gasteiger partial charge in [0.05, 0.1) is 13.2 Å². The summed E-state index contributed by atoms with van der Waals surface area (Å²) in [6.45, 7) is 4.94. The molecule has 3 N–H and O–H groups in total. The summed E-state index contributed by atoms with van der Waals surface area (Å²) in [7, 11) is 0. The fraction of sp³-hybridized carbons (Fsp3) is 0.750. The second-order valence-corrected chi connectivity index (χ2v) is 2.71. The van der Waals surface area contributed by atoms with E-state index in [0.717, 1.165) is 0 Å². The monoisotopic (exact) mass is 204 g/mol. The fourth-order valence-corrected chi connectivity index (χ4v) is 0.752. The second kappa shape index (κ2) is 5.56. The van der Waals surface area contributed by atoms with Gasteiger partial charge in [0.25, 0.3) is 0 Å². The third-order valence-corrected chi connectivity index (χ3v) is 1.66. The molecule has 0 spiro atoms. The lowest BCUT2D eigenvalue weighted by Crippen LogP contribution is -2.60. The fourth-order valence-electron chi connectivity index (χ4n) is 0.752. The van der Waals surface area contributed by atoms with E-state index in [2.05, 4.69) is 14.9 Å². The number of nitrogens with two attached hydrogens (primary N) is 1. The van der Waals surface area contributed by atoms with Gasteiger partial charge < -0.3 is 9.47 Å². The molecule has 6 heteroatoms. The second-order valence-electron chi connectivity index (χ2n) is 2.71. The molecule has 0 heterocycles. The molecule has 0 saturated carbocycles. The number of rotatable bonds is 5. The van der Waals surface area contributed by atoms with Crippen LogP contribution in [0.5, 0.6) is 0 Å². The third kappa shape index (κ3) is 2.68. The van der Waals surface area contributed by atoms with Crippen molar-refractivity contribution in [3.05, 3.63) is 0 Å². The van der Waals surface area contributed by atoms with Crippen LogP contribution in [0, 0.1) is 0 Å². The summed E-state index contributed by atoms with van der Waals surface area (Å²) in [5, 5.41) is 0. The number of nitrogens with one attached hydrogen (secondary N) is 1. The zero-order valence-corrected chi connectivity index (χ0v) is 8.62. The number of hydrogen-bond acceptors (Lipinski definition) is 6. The van der Waals surface area contributed by atoms with Crippen molar-refractivity contribution in [2.24, 2.45) is 5.84 Å². The Bertz CT molecular complexity index is 199. The molecule has 0 aliphatic carbocycles. The van der Waals surface area contributed by atoms with Crippen molar-refractivity contribution in [1.29, 1.82) is 0 Å². The molecule has 0 unspecified atom stereocenters. The number of carbonyl (C=O) groups is 2. The zero-order valence-electron chi connectivity index (χ0n) is 8.62. The molecule has 0 saturated heterocycles.